The van der Waals surface area contributed by atoms with E-state index in [0.717, 1.165) is 0 Å². The van der Waals surface area contributed by atoms with Crippen molar-refractivity contribution in [2.45, 2.75) is 19.8 Å². The molecule has 0 spiro atoms. The van der Waals surface area contributed by atoms with Gasteiger partial charge in [0.2, 0.25) is 0 Å². The Bertz CT molecular complexity index is 789. The summed E-state index contributed by atoms with van der Waals surface area (Å²) in [6.07, 6.45) is 1.45. The van der Waals surface area contributed by atoms with Gasteiger partial charge in [-0.1, -0.05) is 26.0 Å². The van der Waals surface area contributed by atoms with Crippen molar-refractivity contribution in [2.75, 3.05) is 13.7 Å². The minimum Gasteiger partial charge on any atom is -0.503 e. The number of ether oxygens (including phenoxy) is 2. The van der Waals surface area contributed by atoms with Crippen LogP contribution in [0.5, 0.6) is 17.2 Å². The van der Waals surface area contributed by atoms with Gasteiger partial charge in [0.05, 0.1) is 17.8 Å². The summed E-state index contributed by atoms with van der Waals surface area (Å²) < 4.78 is 11.0. The number of amides is 1. The maximum absolute atomic E-state index is 11.8. The van der Waals surface area contributed by atoms with Crippen molar-refractivity contribution in [1.29, 1.82) is 0 Å². The van der Waals surface area contributed by atoms with E-state index >= 15 is 0 Å². The maximum atomic E-state index is 11.8. The largest absolute Gasteiger partial charge is 0.503 e. The first-order chi connectivity index (χ1) is 12.4. The Balaban J connectivity index is 1.86. The summed E-state index contributed by atoms with van der Waals surface area (Å²) >= 11 is 3.22. The number of rotatable bonds is 7. The first kappa shape index (κ1) is 19.8. The molecule has 138 valence electrons. The zero-order chi connectivity index (χ0) is 19.1. The zero-order valence-electron chi connectivity index (χ0n) is 14.8. The number of carbonyl (C=O) groups excluding carboxylic acids is 1. The van der Waals surface area contributed by atoms with Gasteiger partial charge in [0.1, 0.15) is 5.75 Å². The number of aromatic hydroxyl groups is 1. The molecular formula is C19H21BrN2O4. The molecule has 0 unspecified atom stereocenters. The van der Waals surface area contributed by atoms with Crippen molar-refractivity contribution in [1.82, 2.24) is 5.43 Å². The van der Waals surface area contributed by atoms with Crippen molar-refractivity contribution in [3.05, 3.63) is 52.0 Å². The Labute approximate surface area is 161 Å². The first-order valence-corrected chi connectivity index (χ1v) is 8.81. The Morgan fingerprint density at radius 1 is 1.31 bits per heavy atom. The standard InChI is InChI=1S/C19H21BrN2O4/c1-12(2)14-4-6-15(7-5-14)26-11-18(23)22-21-10-13-8-16(20)19(24)17(9-13)25-3/h4-10,12,24H,11H2,1-3H3,(H,22,23)/b21-10+. The van der Waals surface area contributed by atoms with E-state index in [1.807, 2.05) is 24.3 Å². The van der Waals surface area contributed by atoms with E-state index in [0.29, 0.717) is 27.5 Å². The van der Waals surface area contributed by atoms with E-state index < -0.39 is 0 Å². The molecule has 0 aliphatic heterocycles. The van der Waals surface area contributed by atoms with Gasteiger partial charge in [0.15, 0.2) is 18.1 Å². The number of halogens is 1. The van der Waals surface area contributed by atoms with E-state index in [1.165, 1.54) is 18.9 Å². The van der Waals surface area contributed by atoms with Gasteiger partial charge in [-0.05, 0) is 57.2 Å². The SMILES string of the molecule is COc1cc(/C=N/NC(=O)COc2ccc(C(C)C)cc2)cc(Br)c1O. The van der Waals surface area contributed by atoms with Gasteiger partial charge in [-0.15, -0.1) is 0 Å². The summed E-state index contributed by atoms with van der Waals surface area (Å²) in [6.45, 7) is 4.09. The molecule has 0 saturated heterocycles. The molecule has 0 radical (unpaired) electrons. The van der Waals surface area contributed by atoms with Gasteiger partial charge < -0.3 is 14.6 Å². The lowest BCUT2D eigenvalue weighted by Crippen LogP contribution is -2.24. The minimum atomic E-state index is -0.376. The van der Waals surface area contributed by atoms with Crippen molar-refractivity contribution in [3.8, 4) is 17.2 Å². The highest BCUT2D eigenvalue weighted by Crippen LogP contribution is 2.34. The smallest absolute Gasteiger partial charge is 0.277 e. The van der Waals surface area contributed by atoms with Crippen LogP contribution in [0.2, 0.25) is 0 Å². The molecule has 0 aliphatic carbocycles. The molecule has 2 rings (SSSR count). The van der Waals surface area contributed by atoms with Crippen LogP contribution >= 0.6 is 15.9 Å². The predicted molar refractivity (Wildman–Crippen MR) is 104 cm³/mol. The summed E-state index contributed by atoms with van der Waals surface area (Å²) in [7, 11) is 1.45. The van der Waals surface area contributed by atoms with Crippen LogP contribution in [-0.4, -0.2) is 30.9 Å². The van der Waals surface area contributed by atoms with Crippen molar-refractivity contribution in [3.63, 3.8) is 0 Å². The number of hydrogen-bond acceptors (Lipinski definition) is 5. The molecule has 0 saturated carbocycles. The van der Waals surface area contributed by atoms with Crippen LogP contribution in [0.25, 0.3) is 0 Å². The number of nitrogens with one attached hydrogen (secondary N) is 1. The predicted octanol–water partition coefficient (Wildman–Crippen LogP) is 3.82. The summed E-state index contributed by atoms with van der Waals surface area (Å²) in [6, 6.07) is 10.9. The van der Waals surface area contributed by atoms with Gasteiger partial charge >= 0.3 is 0 Å². The van der Waals surface area contributed by atoms with Crippen molar-refractivity contribution < 1.29 is 19.4 Å². The summed E-state index contributed by atoms with van der Waals surface area (Å²) in [5, 5.41) is 13.6. The molecule has 0 aromatic heterocycles. The molecular weight excluding hydrogens is 400 g/mol. The fraction of sp³-hybridized carbons (Fsp3) is 0.263. The third-order valence-electron chi connectivity index (χ3n) is 3.59. The highest BCUT2D eigenvalue weighted by Gasteiger charge is 2.08. The van der Waals surface area contributed by atoms with Crippen LogP contribution < -0.4 is 14.9 Å². The molecule has 1 amide bonds. The van der Waals surface area contributed by atoms with Gasteiger partial charge in [-0.25, -0.2) is 5.43 Å². The Hall–Kier alpha value is -2.54. The molecule has 2 aromatic rings. The second kappa shape index (κ2) is 9.24. The zero-order valence-corrected chi connectivity index (χ0v) is 16.4. The topological polar surface area (TPSA) is 80.2 Å². The number of phenolic OH excluding ortho intramolecular Hbond substituents is 1. The molecule has 0 aliphatic rings. The van der Waals surface area contributed by atoms with Gasteiger partial charge in [0, 0.05) is 0 Å². The highest BCUT2D eigenvalue weighted by molar-refractivity contribution is 9.10. The normalized spacial score (nSPS) is 11.0. The van der Waals surface area contributed by atoms with Crippen LogP contribution in [-0.2, 0) is 4.79 Å². The second-order valence-electron chi connectivity index (χ2n) is 5.86. The summed E-state index contributed by atoms with van der Waals surface area (Å²) in [5.74, 6) is 1.01. The molecule has 26 heavy (non-hydrogen) atoms. The molecule has 0 atom stereocenters. The molecule has 2 N–H and O–H groups in total. The number of carbonyl (C=O) groups is 1. The first-order valence-electron chi connectivity index (χ1n) is 8.02. The fourth-order valence-electron chi connectivity index (χ4n) is 2.13. The van der Waals surface area contributed by atoms with E-state index in [-0.39, 0.29) is 18.3 Å². The van der Waals surface area contributed by atoms with Gasteiger partial charge in [0.25, 0.3) is 5.91 Å². The lowest BCUT2D eigenvalue weighted by Gasteiger charge is -2.08. The molecule has 0 bridgehead atoms. The summed E-state index contributed by atoms with van der Waals surface area (Å²) in [4.78, 5) is 11.8. The van der Waals surface area contributed by atoms with Crippen LogP contribution in [0, 0.1) is 0 Å². The van der Waals surface area contributed by atoms with Crippen LogP contribution in [0.15, 0.2) is 46.0 Å². The molecule has 6 nitrogen and oxygen atoms in total. The van der Waals surface area contributed by atoms with Crippen LogP contribution in [0.4, 0.5) is 0 Å². The van der Waals surface area contributed by atoms with E-state index in [4.69, 9.17) is 9.47 Å². The quantitative estimate of drug-likeness (QED) is 0.526. The third-order valence-corrected chi connectivity index (χ3v) is 4.19. The number of hydrogen-bond donors (Lipinski definition) is 2. The number of hydrazone groups is 1. The van der Waals surface area contributed by atoms with Crippen molar-refractivity contribution >= 4 is 28.1 Å². The molecule has 0 heterocycles. The maximum Gasteiger partial charge on any atom is 0.277 e. The Kier molecular flexibility index (Phi) is 7.03. The van der Waals surface area contributed by atoms with Crippen LogP contribution in [0.3, 0.4) is 0 Å². The van der Waals surface area contributed by atoms with E-state index in [1.54, 1.807) is 12.1 Å². The fourth-order valence-corrected chi connectivity index (χ4v) is 2.59. The summed E-state index contributed by atoms with van der Waals surface area (Å²) in [5.41, 5.74) is 4.25. The monoisotopic (exact) mass is 420 g/mol. The van der Waals surface area contributed by atoms with E-state index in [2.05, 4.69) is 40.3 Å². The van der Waals surface area contributed by atoms with E-state index in [9.17, 15) is 9.90 Å². The van der Waals surface area contributed by atoms with Gasteiger partial charge in [-0.2, -0.15) is 5.10 Å². The van der Waals surface area contributed by atoms with Crippen molar-refractivity contribution in [2.24, 2.45) is 5.10 Å². The lowest BCUT2D eigenvalue weighted by molar-refractivity contribution is -0.123. The number of benzene rings is 2. The number of methoxy groups -OCH3 is 1. The average molecular weight is 421 g/mol. The number of nitrogens with zero attached hydrogens (tertiary/aromatic N) is 1. The minimum absolute atomic E-state index is 0.00516. The van der Waals surface area contributed by atoms with Gasteiger partial charge in [-0.3, -0.25) is 4.79 Å². The molecule has 0 fully saturated rings. The lowest BCUT2D eigenvalue weighted by atomic mass is 10.0. The molecule has 7 heteroatoms. The highest BCUT2D eigenvalue weighted by atomic mass is 79.9. The average Bonchev–Trinajstić information content (AvgIpc) is 2.63. The van der Waals surface area contributed by atoms with Crippen LogP contribution in [0.1, 0.15) is 30.9 Å². The molecule has 2 aromatic carbocycles. The Morgan fingerprint density at radius 3 is 2.62 bits per heavy atom. The Morgan fingerprint density at radius 2 is 2.00 bits per heavy atom. The second-order valence-corrected chi connectivity index (χ2v) is 6.71. The number of phenols is 1. The third kappa shape index (κ3) is 5.49.